The van der Waals surface area contributed by atoms with Gasteiger partial charge in [0.05, 0.1) is 11.7 Å². The lowest BCUT2D eigenvalue weighted by Crippen LogP contribution is -2.46. The smallest absolute Gasteiger partial charge is 0.237 e. The van der Waals surface area contributed by atoms with Crippen molar-refractivity contribution in [2.24, 2.45) is 5.92 Å². The summed E-state index contributed by atoms with van der Waals surface area (Å²) in [5.74, 6) is 2.38. The molecular weight excluding hydrogens is 360 g/mol. The highest BCUT2D eigenvalue weighted by atomic mass is 32.2. The van der Waals surface area contributed by atoms with Gasteiger partial charge in [-0.2, -0.15) is 11.8 Å². The van der Waals surface area contributed by atoms with Gasteiger partial charge in [0.25, 0.3) is 0 Å². The predicted molar refractivity (Wildman–Crippen MR) is 108 cm³/mol. The quantitative estimate of drug-likeness (QED) is 0.662. The summed E-state index contributed by atoms with van der Waals surface area (Å²) in [6.45, 7) is 3.22. The molecule has 27 heavy (non-hydrogen) atoms. The lowest BCUT2D eigenvalue weighted by atomic mass is 9.97. The van der Waals surface area contributed by atoms with Crippen LogP contribution in [0.4, 0.5) is 0 Å². The number of pyridine rings is 1. The fourth-order valence-corrected chi connectivity index (χ4v) is 4.56. The number of hydrogen-bond acceptors (Lipinski definition) is 5. The molecule has 3 heterocycles. The van der Waals surface area contributed by atoms with Crippen LogP contribution >= 0.6 is 11.8 Å². The van der Waals surface area contributed by atoms with Crippen molar-refractivity contribution in [3.63, 3.8) is 0 Å². The minimum atomic E-state index is -0.0255. The van der Waals surface area contributed by atoms with Crippen molar-refractivity contribution in [2.75, 3.05) is 31.9 Å². The number of aromatic nitrogens is 1. The van der Waals surface area contributed by atoms with Crippen molar-refractivity contribution in [1.82, 2.24) is 20.5 Å². The molecule has 6 nitrogen and oxygen atoms in total. The van der Waals surface area contributed by atoms with E-state index in [1.807, 2.05) is 23.1 Å². The normalized spacial score (nSPS) is 22.6. The number of amides is 2. The lowest BCUT2D eigenvalue weighted by Gasteiger charge is -2.33. The topological polar surface area (TPSA) is 74.3 Å². The third kappa shape index (κ3) is 6.50. The molecule has 0 spiro atoms. The van der Waals surface area contributed by atoms with Crippen LogP contribution in [-0.4, -0.2) is 59.7 Å². The van der Waals surface area contributed by atoms with Gasteiger partial charge in [0.1, 0.15) is 0 Å². The Hall–Kier alpha value is -1.60. The maximum absolute atomic E-state index is 12.5. The molecule has 2 unspecified atom stereocenters. The second kappa shape index (κ2) is 10.7. The second-order valence-corrected chi connectivity index (χ2v) is 8.47. The van der Waals surface area contributed by atoms with E-state index in [1.165, 1.54) is 0 Å². The number of likely N-dealkylation sites (tertiary alicyclic amines) is 1. The molecule has 2 saturated heterocycles. The first-order valence-electron chi connectivity index (χ1n) is 9.99. The second-order valence-electron chi connectivity index (χ2n) is 7.37. The van der Waals surface area contributed by atoms with Gasteiger partial charge in [0, 0.05) is 43.8 Å². The zero-order chi connectivity index (χ0) is 18.9. The van der Waals surface area contributed by atoms with Crippen molar-refractivity contribution < 1.29 is 9.59 Å². The Morgan fingerprint density at radius 2 is 2.22 bits per heavy atom. The molecular formula is C20H30N4O2S. The van der Waals surface area contributed by atoms with Crippen molar-refractivity contribution in [3.05, 3.63) is 30.1 Å². The fourth-order valence-electron chi connectivity index (χ4n) is 3.71. The predicted octanol–water partition coefficient (Wildman–Crippen LogP) is 1.81. The standard InChI is InChI=1S/C20H30N4O2S/c25-19(8-12-27-15-17-6-1-2-9-21-17)24-11-4-5-16(14-24)13-23-20(26)18-7-3-10-22-18/h1-2,6,9,16,18,22H,3-5,7-8,10-15H2,(H,23,26). The maximum Gasteiger partial charge on any atom is 0.237 e. The van der Waals surface area contributed by atoms with Gasteiger partial charge in [0.2, 0.25) is 11.8 Å². The molecule has 0 aromatic carbocycles. The van der Waals surface area contributed by atoms with Crippen LogP contribution < -0.4 is 10.6 Å². The van der Waals surface area contributed by atoms with Crippen LogP contribution in [-0.2, 0) is 15.3 Å². The van der Waals surface area contributed by atoms with Crippen LogP contribution in [0.15, 0.2) is 24.4 Å². The first kappa shape index (κ1) is 20.1. The van der Waals surface area contributed by atoms with Crippen LogP contribution in [0.3, 0.4) is 0 Å². The molecule has 2 aliphatic rings. The van der Waals surface area contributed by atoms with Gasteiger partial charge in [-0.25, -0.2) is 0 Å². The molecule has 1 aromatic heterocycles. The molecule has 2 atom stereocenters. The highest BCUT2D eigenvalue weighted by Crippen LogP contribution is 2.18. The van der Waals surface area contributed by atoms with Crippen LogP contribution in [0, 0.1) is 5.92 Å². The van der Waals surface area contributed by atoms with Crippen LogP contribution in [0.2, 0.25) is 0 Å². The largest absolute Gasteiger partial charge is 0.354 e. The summed E-state index contributed by atoms with van der Waals surface area (Å²) in [5, 5.41) is 6.30. The minimum absolute atomic E-state index is 0.0255. The third-order valence-corrected chi connectivity index (χ3v) is 6.24. The number of piperidine rings is 1. The van der Waals surface area contributed by atoms with Gasteiger partial charge >= 0.3 is 0 Å². The van der Waals surface area contributed by atoms with Gasteiger partial charge in [-0.05, 0) is 50.3 Å². The molecule has 2 amide bonds. The molecule has 148 valence electrons. The highest BCUT2D eigenvalue weighted by Gasteiger charge is 2.26. The molecule has 2 N–H and O–H groups in total. The number of carbonyl (C=O) groups is 2. The van der Waals surface area contributed by atoms with Crippen LogP contribution in [0.5, 0.6) is 0 Å². The Bertz CT molecular complexity index is 607. The minimum Gasteiger partial charge on any atom is -0.354 e. The average molecular weight is 391 g/mol. The van der Waals surface area contributed by atoms with E-state index >= 15 is 0 Å². The molecule has 1 aromatic rings. The molecule has 0 bridgehead atoms. The fraction of sp³-hybridized carbons (Fsp3) is 0.650. The van der Waals surface area contributed by atoms with Gasteiger partial charge in [0.15, 0.2) is 0 Å². The van der Waals surface area contributed by atoms with E-state index < -0.39 is 0 Å². The van der Waals surface area contributed by atoms with Gasteiger partial charge in [-0.1, -0.05) is 6.07 Å². The third-order valence-electron chi connectivity index (χ3n) is 5.25. The zero-order valence-corrected chi connectivity index (χ0v) is 16.7. The van der Waals surface area contributed by atoms with E-state index in [0.717, 1.165) is 62.5 Å². The van der Waals surface area contributed by atoms with Gasteiger partial charge in [-0.3, -0.25) is 14.6 Å². The Balaban J connectivity index is 1.33. The highest BCUT2D eigenvalue weighted by molar-refractivity contribution is 7.98. The van der Waals surface area contributed by atoms with Crippen LogP contribution in [0.1, 0.15) is 37.8 Å². The Morgan fingerprint density at radius 3 is 3.00 bits per heavy atom. The summed E-state index contributed by atoms with van der Waals surface area (Å²) in [6.07, 6.45) is 6.48. The molecule has 3 rings (SSSR count). The number of rotatable bonds is 8. The van der Waals surface area contributed by atoms with Crippen LogP contribution in [0.25, 0.3) is 0 Å². The molecule has 7 heteroatoms. The van der Waals surface area contributed by atoms with E-state index in [9.17, 15) is 9.59 Å². The Kier molecular flexibility index (Phi) is 7.95. The molecule has 0 aliphatic carbocycles. The summed E-state index contributed by atoms with van der Waals surface area (Å²) in [4.78, 5) is 30.9. The zero-order valence-electron chi connectivity index (χ0n) is 15.9. The van der Waals surface area contributed by atoms with E-state index in [1.54, 1.807) is 18.0 Å². The number of nitrogens with zero attached hydrogens (tertiary/aromatic N) is 2. The number of thioether (sulfide) groups is 1. The number of nitrogens with one attached hydrogen (secondary N) is 2. The SMILES string of the molecule is O=C(NCC1CCCN(C(=O)CCSCc2ccccn2)C1)C1CCCN1. The van der Waals surface area contributed by atoms with E-state index in [0.29, 0.717) is 18.9 Å². The average Bonchev–Trinajstić information content (AvgIpc) is 3.25. The van der Waals surface area contributed by atoms with Crippen molar-refractivity contribution in [1.29, 1.82) is 0 Å². The molecule has 0 saturated carbocycles. The summed E-state index contributed by atoms with van der Waals surface area (Å²) in [6, 6.07) is 5.89. The van der Waals surface area contributed by atoms with Crippen molar-refractivity contribution >= 4 is 23.6 Å². The summed E-state index contributed by atoms with van der Waals surface area (Å²) >= 11 is 1.75. The number of carbonyl (C=O) groups excluding carboxylic acids is 2. The lowest BCUT2D eigenvalue weighted by molar-refractivity contribution is -0.132. The molecule has 2 fully saturated rings. The van der Waals surface area contributed by atoms with E-state index in [-0.39, 0.29) is 17.9 Å². The van der Waals surface area contributed by atoms with E-state index in [4.69, 9.17) is 0 Å². The number of hydrogen-bond donors (Lipinski definition) is 2. The Labute approximate surface area is 165 Å². The van der Waals surface area contributed by atoms with Gasteiger partial charge in [-0.15, -0.1) is 0 Å². The summed E-state index contributed by atoms with van der Waals surface area (Å²) in [7, 11) is 0. The van der Waals surface area contributed by atoms with Gasteiger partial charge < -0.3 is 15.5 Å². The summed E-state index contributed by atoms with van der Waals surface area (Å²) < 4.78 is 0. The Morgan fingerprint density at radius 1 is 1.30 bits per heavy atom. The maximum atomic E-state index is 12.5. The summed E-state index contributed by atoms with van der Waals surface area (Å²) in [5.41, 5.74) is 1.06. The van der Waals surface area contributed by atoms with Crippen molar-refractivity contribution in [2.45, 2.75) is 43.9 Å². The van der Waals surface area contributed by atoms with E-state index in [2.05, 4.69) is 15.6 Å². The van der Waals surface area contributed by atoms with Crippen molar-refractivity contribution in [3.8, 4) is 0 Å². The first-order chi connectivity index (χ1) is 13.2. The molecule has 2 aliphatic heterocycles. The monoisotopic (exact) mass is 390 g/mol. The molecule has 0 radical (unpaired) electrons. The first-order valence-corrected chi connectivity index (χ1v) is 11.1.